The maximum Gasteiger partial charge on any atom is 0.311 e. The molecule has 290 valence electrons. The van der Waals surface area contributed by atoms with E-state index in [9.17, 15) is 33.6 Å². The zero-order valence-corrected chi connectivity index (χ0v) is 31.8. The Bertz CT molecular complexity index is 1150. The second-order valence-corrected chi connectivity index (χ2v) is 15.6. The number of Topliss-reactive ketones (excluding diaryl/α,β-unsaturated/α-hetero) is 1. The number of rotatable bonds is 23. The van der Waals surface area contributed by atoms with Crippen molar-refractivity contribution in [1.82, 2.24) is 10.2 Å². The molecule has 0 atom stereocenters. The van der Waals surface area contributed by atoms with E-state index in [0.29, 0.717) is 13.0 Å². The lowest BCUT2D eigenvalue weighted by Gasteiger charge is -2.34. The molecule has 0 spiro atoms. The number of hydrogen-bond donors (Lipinski definition) is 1. The summed E-state index contributed by atoms with van der Waals surface area (Å²) < 4.78 is 33.5. The maximum atomic E-state index is 12.7. The summed E-state index contributed by atoms with van der Waals surface area (Å²) in [6.07, 6.45) is 2.93. The zero-order valence-electron chi connectivity index (χ0n) is 31.8. The number of carbonyl (C=O) groups excluding carboxylic acids is 7. The van der Waals surface area contributed by atoms with Gasteiger partial charge in [0.1, 0.15) is 26.4 Å². The fourth-order valence-corrected chi connectivity index (χ4v) is 3.92. The second-order valence-electron chi connectivity index (χ2n) is 15.6. The van der Waals surface area contributed by atoms with Gasteiger partial charge < -0.3 is 33.7 Å². The van der Waals surface area contributed by atoms with E-state index in [0.717, 1.165) is 4.90 Å². The minimum atomic E-state index is -1.28. The molecule has 3 amide bonds. The fourth-order valence-electron chi connectivity index (χ4n) is 3.92. The molecule has 0 aliphatic carbocycles. The molecular formula is C36H58N2O13. The number of nitrogens with zero attached hydrogens (tertiary/aromatic N) is 1. The van der Waals surface area contributed by atoms with E-state index in [1.54, 1.807) is 62.3 Å². The van der Waals surface area contributed by atoms with Crippen molar-refractivity contribution in [2.24, 2.45) is 21.7 Å². The molecule has 51 heavy (non-hydrogen) atoms. The minimum absolute atomic E-state index is 0.000478. The number of carbonyl (C=O) groups is 7. The standard InChI is InChI=1S/C36H58N2O13/c1-33(2,3)30(43)49-23-36(24-50-31(44)34(4,5)6,25-51-32(45)35(7,8)9)22-48-21-26(39)11-10-17-46-19-20-47-18-15-37-27(40)14-16-38-28(41)12-13-29(38)42/h12-13H,10-11,14-25H2,1-9H3,(H,37,40). The zero-order chi connectivity index (χ0) is 38.9. The highest BCUT2D eigenvalue weighted by molar-refractivity contribution is 6.13. The number of nitrogens with one attached hydrogen (secondary N) is 1. The fraction of sp³-hybridized carbons (Fsp3) is 0.750. The first kappa shape index (κ1) is 45.3. The van der Waals surface area contributed by atoms with Crippen LogP contribution in [0.1, 0.15) is 81.6 Å². The van der Waals surface area contributed by atoms with Crippen LogP contribution in [0.25, 0.3) is 0 Å². The largest absolute Gasteiger partial charge is 0.464 e. The van der Waals surface area contributed by atoms with E-state index < -0.39 is 51.4 Å². The first-order valence-electron chi connectivity index (χ1n) is 17.1. The Morgan fingerprint density at radius 3 is 1.51 bits per heavy atom. The first-order valence-corrected chi connectivity index (χ1v) is 17.1. The van der Waals surface area contributed by atoms with E-state index in [1.807, 2.05) is 0 Å². The monoisotopic (exact) mass is 726 g/mol. The molecule has 1 rings (SSSR count). The predicted molar refractivity (Wildman–Crippen MR) is 184 cm³/mol. The summed E-state index contributed by atoms with van der Waals surface area (Å²) in [7, 11) is 0. The topological polar surface area (TPSA) is 190 Å². The molecule has 0 saturated carbocycles. The molecule has 1 aliphatic rings. The summed E-state index contributed by atoms with van der Waals surface area (Å²) in [5.74, 6) is -2.91. The van der Waals surface area contributed by atoms with Crippen LogP contribution in [0.2, 0.25) is 0 Å². The average Bonchev–Trinajstić information content (AvgIpc) is 3.35. The Hall–Kier alpha value is -3.69. The van der Waals surface area contributed by atoms with Crippen LogP contribution in [-0.2, 0) is 62.0 Å². The van der Waals surface area contributed by atoms with Gasteiger partial charge in [-0.25, -0.2) is 0 Å². The van der Waals surface area contributed by atoms with Crippen molar-refractivity contribution < 1.29 is 62.0 Å². The lowest BCUT2D eigenvalue weighted by molar-refractivity contribution is -0.177. The van der Waals surface area contributed by atoms with Crippen molar-refractivity contribution >= 4 is 41.4 Å². The lowest BCUT2D eigenvalue weighted by atomic mass is 9.90. The highest BCUT2D eigenvalue weighted by atomic mass is 16.6. The van der Waals surface area contributed by atoms with E-state index >= 15 is 0 Å². The van der Waals surface area contributed by atoms with E-state index in [1.165, 1.54) is 12.2 Å². The van der Waals surface area contributed by atoms with Gasteiger partial charge in [-0.3, -0.25) is 38.5 Å². The summed E-state index contributed by atoms with van der Waals surface area (Å²) in [6.45, 7) is 15.3. The molecule has 0 aromatic rings. The Balaban J connectivity index is 2.51. The molecule has 1 aliphatic heterocycles. The lowest BCUT2D eigenvalue weighted by Crippen LogP contribution is -2.46. The van der Waals surface area contributed by atoms with Crippen LogP contribution < -0.4 is 5.32 Å². The van der Waals surface area contributed by atoms with Gasteiger partial charge in [0.2, 0.25) is 5.91 Å². The third kappa shape index (κ3) is 18.4. The molecular weight excluding hydrogens is 668 g/mol. The molecule has 0 bridgehead atoms. The van der Waals surface area contributed by atoms with Crippen LogP contribution in [0.15, 0.2) is 12.2 Å². The molecule has 0 unspecified atom stereocenters. The smallest absolute Gasteiger partial charge is 0.311 e. The van der Waals surface area contributed by atoms with E-state index in [4.69, 9.17) is 28.4 Å². The third-order valence-corrected chi connectivity index (χ3v) is 7.18. The number of esters is 3. The van der Waals surface area contributed by atoms with E-state index in [2.05, 4.69) is 5.32 Å². The maximum absolute atomic E-state index is 12.7. The number of imide groups is 1. The first-order chi connectivity index (χ1) is 23.6. The number of hydrogen-bond acceptors (Lipinski definition) is 13. The number of amides is 3. The van der Waals surface area contributed by atoms with Crippen molar-refractivity contribution in [2.45, 2.75) is 81.6 Å². The Morgan fingerprint density at radius 2 is 1.06 bits per heavy atom. The quantitative estimate of drug-likeness (QED) is 0.0701. The van der Waals surface area contributed by atoms with Crippen molar-refractivity contribution in [3.63, 3.8) is 0 Å². The van der Waals surface area contributed by atoms with Crippen molar-refractivity contribution in [1.29, 1.82) is 0 Å². The summed E-state index contributed by atoms with van der Waals surface area (Å²) in [5, 5.41) is 2.65. The molecule has 15 heteroatoms. The van der Waals surface area contributed by atoms with Gasteiger partial charge in [0.25, 0.3) is 11.8 Å². The minimum Gasteiger partial charge on any atom is -0.464 e. The molecule has 1 N–H and O–H groups in total. The average molecular weight is 727 g/mol. The molecule has 0 aromatic heterocycles. The highest BCUT2D eigenvalue weighted by Gasteiger charge is 2.40. The molecule has 0 aromatic carbocycles. The van der Waals surface area contributed by atoms with Gasteiger partial charge in [0.05, 0.1) is 48.1 Å². The van der Waals surface area contributed by atoms with Crippen LogP contribution in [-0.4, -0.2) is 119 Å². The molecule has 1 heterocycles. The van der Waals surface area contributed by atoms with Crippen LogP contribution in [0.5, 0.6) is 0 Å². The summed E-state index contributed by atoms with van der Waals surface area (Å²) in [5.41, 5.74) is -3.74. The second kappa shape index (κ2) is 21.0. The van der Waals surface area contributed by atoms with Crippen LogP contribution in [0, 0.1) is 21.7 Å². The molecule has 0 saturated heterocycles. The van der Waals surface area contributed by atoms with Gasteiger partial charge in [-0.1, -0.05) is 0 Å². The number of ether oxygens (including phenoxy) is 6. The van der Waals surface area contributed by atoms with E-state index in [-0.39, 0.29) is 90.5 Å². The molecule has 0 radical (unpaired) electrons. The van der Waals surface area contributed by atoms with Gasteiger partial charge in [-0.15, -0.1) is 0 Å². The third-order valence-electron chi connectivity index (χ3n) is 7.18. The van der Waals surface area contributed by atoms with Gasteiger partial charge in [0, 0.05) is 44.7 Å². The normalized spacial score (nSPS) is 13.7. The van der Waals surface area contributed by atoms with Gasteiger partial charge in [-0.2, -0.15) is 0 Å². The van der Waals surface area contributed by atoms with Gasteiger partial charge in [-0.05, 0) is 68.7 Å². The van der Waals surface area contributed by atoms with Gasteiger partial charge in [0.15, 0.2) is 5.78 Å². The van der Waals surface area contributed by atoms with Crippen LogP contribution >= 0.6 is 0 Å². The summed E-state index contributed by atoms with van der Waals surface area (Å²) in [6, 6.07) is 0. The molecule has 0 fully saturated rings. The Morgan fingerprint density at radius 1 is 0.608 bits per heavy atom. The SMILES string of the molecule is CC(C)(C)C(=O)OCC(COCC(=O)CCCOCCOCCNC(=O)CCN1C(=O)C=CC1=O)(COC(=O)C(C)(C)C)COC(=O)C(C)(C)C. The van der Waals surface area contributed by atoms with Crippen molar-refractivity contribution in [2.75, 3.05) is 72.6 Å². The van der Waals surface area contributed by atoms with Gasteiger partial charge >= 0.3 is 17.9 Å². The van der Waals surface area contributed by atoms with Crippen molar-refractivity contribution in [3.8, 4) is 0 Å². The predicted octanol–water partition coefficient (Wildman–Crippen LogP) is 2.57. The Labute approximate surface area is 301 Å². The summed E-state index contributed by atoms with van der Waals surface area (Å²) in [4.78, 5) is 86.5. The van der Waals surface area contributed by atoms with Crippen LogP contribution in [0.3, 0.4) is 0 Å². The summed E-state index contributed by atoms with van der Waals surface area (Å²) >= 11 is 0. The highest BCUT2D eigenvalue weighted by Crippen LogP contribution is 2.27. The molecule has 15 nitrogen and oxygen atoms in total. The Kier molecular flexibility index (Phi) is 18.7. The van der Waals surface area contributed by atoms with Crippen molar-refractivity contribution in [3.05, 3.63) is 12.2 Å². The van der Waals surface area contributed by atoms with Crippen LogP contribution in [0.4, 0.5) is 0 Å². The number of ketones is 1.